The van der Waals surface area contributed by atoms with Gasteiger partial charge in [0.2, 0.25) is 5.88 Å². The molecule has 2 N–H and O–H groups in total. The summed E-state index contributed by atoms with van der Waals surface area (Å²) >= 11 is 4.99. The highest BCUT2D eigenvalue weighted by atomic mass is 32.1. The molecule has 0 aliphatic rings. The van der Waals surface area contributed by atoms with Crippen LogP contribution in [0.2, 0.25) is 0 Å². The summed E-state index contributed by atoms with van der Waals surface area (Å²) in [4.78, 5) is 0.243. The van der Waals surface area contributed by atoms with Gasteiger partial charge in [0.15, 0.2) is 0 Å². The fourth-order valence-corrected chi connectivity index (χ4v) is 1.92. The van der Waals surface area contributed by atoms with E-state index >= 15 is 0 Å². The Morgan fingerprint density at radius 3 is 2.53 bits per heavy atom. The molecule has 0 aliphatic heterocycles. The number of nitrogens with zero attached hydrogens (tertiary/aromatic N) is 2. The van der Waals surface area contributed by atoms with Gasteiger partial charge in [-0.3, -0.25) is 0 Å². The smallest absolute Gasteiger partial charge is 0.249 e. The van der Waals surface area contributed by atoms with Gasteiger partial charge >= 0.3 is 0 Å². The maximum absolute atomic E-state index is 5.87. The van der Waals surface area contributed by atoms with E-state index in [1.165, 1.54) is 6.20 Å². The van der Waals surface area contributed by atoms with Crippen molar-refractivity contribution in [2.24, 2.45) is 5.73 Å². The molecular weight excluding hydrogens is 258 g/mol. The second kappa shape index (κ2) is 5.32. The molecule has 4 nitrogen and oxygen atoms in total. The van der Waals surface area contributed by atoms with Crippen LogP contribution in [0.1, 0.15) is 22.3 Å². The molecule has 0 saturated heterocycles. The van der Waals surface area contributed by atoms with Crippen LogP contribution in [0, 0.1) is 20.8 Å². The molecule has 0 amide bonds. The first-order valence-electron chi connectivity index (χ1n) is 5.87. The highest BCUT2D eigenvalue weighted by molar-refractivity contribution is 7.80. The summed E-state index contributed by atoms with van der Waals surface area (Å²) in [5, 5.41) is 7.78. The van der Waals surface area contributed by atoms with Gasteiger partial charge < -0.3 is 10.5 Å². The number of nitrogens with two attached hydrogens (primary N) is 1. The summed E-state index contributed by atoms with van der Waals surface area (Å²) in [5.41, 5.74) is 9.50. The zero-order valence-electron chi connectivity index (χ0n) is 11.1. The van der Waals surface area contributed by atoms with Crippen LogP contribution in [0.25, 0.3) is 0 Å². The van der Waals surface area contributed by atoms with Crippen molar-refractivity contribution in [3.63, 3.8) is 0 Å². The lowest BCUT2D eigenvalue weighted by atomic mass is 10.1. The largest absolute Gasteiger partial charge is 0.436 e. The van der Waals surface area contributed by atoms with E-state index in [-0.39, 0.29) is 4.99 Å². The summed E-state index contributed by atoms with van der Waals surface area (Å²) in [5.74, 6) is 1.12. The van der Waals surface area contributed by atoms with Crippen LogP contribution in [-0.2, 0) is 0 Å². The standard InChI is InChI=1S/C14H15N3OS/c1-8-4-5-9(2)12(10(8)3)18-14-11(13(15)19)6-7-16-17-14/h4-7H,1-3H3,(H2,15,19). The molecule has 0 atom stereocenters. The molecule has 5 heteroatoms. The van der Waals surface area contributed by atoms with Gasteiger partial charge in [-0.1, -0.05) is 24.4 Å². The molecule has 0 saturated carbocycles. The summed E-state index contributed by atoms with van der Waals surface area (Å²) in [6, 6.07) is 5.77. The molecule has 98 valence electrons. The molecule has 0 fully saturated rings. The lowest BCUT2D eigenvalue weighted by Gasteiger charge is -2.14. The van der Waals surface area contributed by atoms with Crippen molar-refractivity contribution in [2.45, 2.75) is 20.8 Å². The van der Waals surface area contributed by atoms with Crippen LogP contribution in [0.5, 0.6) is 11.6 Å². The number of hydrogen-bond acceptors (Lipinski definition) is 4. The Bertz CT molecular complexity index is 641. The molecule has 2 aromatic rings. The molecule has 0 unspecified atom stereocenters. The molecule has 2 rings (SSSR count). The van der Waals surface area contributed by atoms with Crippen molar-refractivity contribution in [3.8, 4) is 11.6 Å². The number of thiocarbonyl (C=S) groups is 1. The van der Waals surface area contributed by atoms with E-state index in [1.807, 2.05) is 26.8 Å². The van der Waals surface area contributed by atoms with Gasteiger partial charge in [0, 0.05) is 0 Å². The molecule has 0 radical (unpaired) electrons. The molecule has 0 aliphatic carbocycles. The molecule has 19 heavy (non-hydrogen) atoms. The Kier molecular flexibility index (Phi) is 3.76. The van der Waals surface area contributed by atoms with Gasteiger partial charge in [0.1, 0.15) is 10.7 Å². The first kappa shape index (κ1) is 13.4. The van der Waals surface area contributed by atoms with Gasteiger partial charge in [-0.25, -0.2) is 0 Å². The Hall–Kier alpha value is -2.01. The predicted octanol–water partition coefficient (Wildman–Crippen LogP) is 2.83. The average molecular weight is 273 g/mol. The minimum absolute atomic E-state index is 0.243. The summed E-state index contributed by atoms with van der Waals surface area (Å²) in [6.45, 7) is 6.03. The molecule has 0 spiro atoms. The highest BCUT2D eigenvalue weighted by Gasteiger charge is 2.13. The minimum Gasteiger partial charge on any atom is -0.436 e. The number of aromatic nitrogens is 2. The average Bonchev–Trinajstić information content (AvgIpc) is 2.39. The second-order valence-electron chi connectivity index (χ2n) is 4.37. The lowest BCUT2D eigenvalue weighted by molar-refractivity contribution is 0.447. The molecular formula is C14H15N3OS. The van der Waals surface area contributed by atoms with E-state index in [0.29, 0.717) is 11.4 Å². The number of benzene rings is 1. The van der Waals surface area contributed by atoms with Crippen LogP contribution in [0.3, 0.4) is 0 Å². The summed E-state index contributed by atoms with van der Waals surface area (Å²) in [7, 11) is 0. The number of rotatable bonds is 3. The van der Waals surface area contributed by atoms with Crippen LogP contribution >= 0.6 is 12.2 Å². The van der Waals surface area contributed by atoms with Gasteiger partial charge in [0.05, 0.1) is 11.8 Å². The Balaban J connectivity index is 2.48. The minimum atomic E-state index is 0.243. The van der Waals surface area contributed by atoms with Crippen LogP contribution in [0.15, 0.2) is 24.4 Å². The SMILES string of the molecule is Cc1ccc(C)c(Oc2nnccc2C(N)=S)c1C. The lowest BCUT2D eigenvalue weighted by Crippen LogP contribution is -2.12. The van der Waals surface area contributed by atoms with Crippen LogP contribution in [-0.4, -0.2) is 15.2 Å². The normalized spacial score (nSPS) is 10.3. The van der Waals surface area contributed by atoms with Crippen molar-refractivity contribution in [1.29, 1.82) is 0 Å². The van der Waals surface area contributed by atoms with E-state index in [0.717, 1.165) is 22.4 Å². The van der Waals surface area contributed by atoms with E-state index < -0.39 is 0 Å². The first-order chi connectivity index (χ1) is 9.00. The molecule has 0 bridgehead atoms. The van der Waals surface area contributed by atoms with Crippen LogP contribution in [0.4, 0.5) is 0 Å². The summed E-state index contributed by atoms with van der Waals surface area (Å²) in [6.07, 6.45) is 1.54. The quantitative estimate of drug-likeness (QED) is 0.871. The number of aryl methyl sites for hydroxylation is 2. The second-order valence-corrected chi connectivity index (χ2v) is 4.81. The number of ether oxygens (including phenoxy) is 1. The Morgan fingerprint density at radius 2 is 1.84 bits per heavy atom. The van der Waals surface area contributed by atoms with Crippen molar-refractivity contribution < 1.29 is 4.74 Å². The third-order valence-electron chi connectivity index (χ3n) is 3.02. The van der Waals surface area contributed by atoms with Crippen LogP contribution < -0.4 is 10.5 Å². The third kappa shape index (κ3) is 2.71. The molecule has 1 heterocycles. The monoisotopic (exact) mass is 273 g/mol. The highest BCUT2D eigenvalue weighted by Crippen LogP contribution is 2.30. The molecule has 1 aromatic heterocycles. The topological polar surface area (TPSA) is 61.0 Å². The van der Waals surface area contributed by atoms with Gasteiger partial charge in [-0.15, -0.1) is 5.10 Å². The van der Waals surface area contributed by atoms with E-state index in [4.69, 9.17) is 22.7 Å². The van der Waals surface area contributed by atoms with Gasteiger partial charge in [-0.05, 0) is 43.5 Å². The van der Waals surface area contributed by atoms with Crippen molar-refractivity contribution >= 4 is 17.2 Å². The first-order valence-corrected chi connectivity index (χ1v) is 6.27. The maximum Gasteiger partial charge on any atom is 0.249 e. The number of hydrogen-bond donors (Lipinski definition) is 1. The van der Waals surface area contributed by atoms with E-state index in [9.17, 15) is 0 Å². The fourth-order valence-electron chi connectivity index (χ4n) is 1.76. The predicted molar refractivity (Wildman–Crippen MR) is 78.6 cm³/mol. The molecule has 1 aromatic carbocycles. The maximum atomic E-state index is 5.87. The summed E-state index contributed by atoms with van der Waals surface area (Å²) < 4.78 is 5.87. The van der Waals surface area contributed by atoms with Gasteiger partial charge in [-0.2, -0.15) is 5.10 Å². The Labute approximate surface area is 117 Å². The fraction of sp³-hybridized carbons (Fsp3) is 0.214. The zero-order chi connectivity index (χ0) is 14.0. The van der Waals surface area contributed by atoms with Crippen molar-refractivity contribution in [1.82, 2.24) is 10.2 Å². The van der Waals surface area contributed by atoms with Crippen molar-refractivity contribution in [2.75, 3.05) is 0 Å². The van der Waals surface area contributed by atoms with Gasteiger partial charge in [0.25, 0.3) is 0 Å². The Morgan fingerprint density at radius 1 is 1.16 bits per heavy atom. The zero-order valence-corrected chi connectivity index (χ0v) is 11.9. The van der Waals surface area contributed by atoms with E-state index in [1.54, 1.807) is 6.07 Å². The third-order valence-corrected chi connectivity index (χ3v) is 3.24. The van der Waals surface area contributed by atoms with E-state index in [2.05, 4.69) is 16.3 Å². The van der Waals surface area contributed by atoms with Crippen molar-refractivity contribution in [3.05, 3.63) is 46.6 Å².